The summed E-state index contributed by atoms with van der Waals surface area (Å²) in [6, 6.07) is 6.33. The van der Waals surface area contributed by atoms with Gasteiger partial charge in [-0.1, -0.05) is 6.42 Å². The molecule has 1 aromatic rings. The number of aromatic carboxylic acids is 1. The first-order chi connectivity index (χ1) is 10.1. The number of rotatable bonds is 2. The molecule has 1 N–H and O–H groups in total. The van der Waals surface area contributed by atoms with Crippen molar-refractivity contribution in [1.82, 2.24) is 0 Å². The summed E-state index contributed by atoms with van der Waals surface area (Å²) in [5.41, 5.74) is 0.649. The molecule has 0 radical (unpaired) electrons. The summed E-state index contributed by atoms with van der Waals surface area (Å²) in [5.74, 6) is -0.969. The molecule has 0 bridgehead atoms. The quantitative estimate of drug-likeness (QED) is 0.905. The van der Waals surface area contributed by atoms with E-state index in [1.54, 1.807) is 17.0 Å². The molecular formula is C16H19NO4. The van der Waals surface area contributed by atoms with E-state index in [0.29, 0.717) is 12.2 Å². The van der Waals surface area contributed by atoms with Crippen molar-refractivity contribution < 1.29 is 19.4 Å². The lowest BCUT2D eigenvalue weighted by Gasteiger charge is -2.43. The normalized spacial score (nSPS) is 21.1. The van der Waals surface area contributed by atoms with E-state index in [2.05, 4.69) is 0 Å². The molecule has 5 heteroatoms. The molecule has 1 aliphatic heterocycles. The van der Waals surface area contributed by atoms with Crippen LogP contribution in [0.2, 0.25) is 0 Å². The maximum Gasteiger partial charge on any atom is 0.414 e. The predicted octanol–water partition coefficient (Wildman–Crippen LogP) is 3.43. The van der Waals surface area contributed by atoms with Crippen LogP contribution in [0.5, 0.6) is 0 Å². The topological polar surface area (TPSA) is 66.8 Å². The Morgan fingerprint density at radius 1 is 1.10 bits per heavy atom. The van der Waals surface area contributed by atoms with Gasteiger partial charge in [-0.2, -0.15) is 0 Å². The van der Waals surface area contributed by atoms with Crippen molar-refractivity contribution in [3.63, 3.8) is 0 Å². The van der Waals surface area contributed by atoms with E-state index >= 15 is 0 Å². The standard InChI is InChI=1S/C16H19NO4/c18-14(19)12-4-6-13(7-5-12)17-11-10-16(21-15(17)20)8-2-1-3-9-16/h4-7H,1-3,8-11H2,(H,18,19). The van der Waals surface area contributed by atoms with Gasteiger partial charge in [-0.05, 0) is 49.9 Å². The van der Waals surface area contributed by atoms with Gasteiger partial charge < -0.3 is 9.84 Å². The number of carboxylic acid groups (broad SMARTS) is 1. The number of benzene rings is 1. The molecule has 21 heavy (non-hydrogen) atoms. The Morgan fingerprint density at radius 2 is 1.76 bits per heavy atom. The number of carboxylic acids is 1. The van der Waals surface area contributed by atoms with Crippen LogP contribution in [-0.4, -0.2) is 29.3 Å². The van der Waals surface area contributed by atoms with E-state index in [9.17, 15) is 9.59 Å². The van der Waals surface area contributed by atoms with Crippen LogP contribution in [0.4, 0.5) is 10.5 Å². The van der Waals surface area contributed by atoms with Gasteiger partial charge in [0, 0.05) is 18.7 Å². The van der Waals surface area contributed by atoms with Crippen LogP contribution >= 0.6 is 0 Å². The predicted molar refractivity (Wildman–Crippen MR) is 77.7 cm³/mol. The highest BCUT2D eigenvalue weighted by molar-refractivity contribution is 5.91. The first-order valence-corrected chi connectivity index (χ1v) is 7.44. The second kappa shape index (κ2) is 5.39. The summed E-state index contributed by atoms with van der Waals surface area (Å²) >= 11 is 0. The third-order valence-corrected chi connectivity index (χ3v) is 4.51. The molecule has 1 aromatic carbocycles. The molecule has 112 valence electrons. The zero-order valence-electron chi connectivity index (χ0n) is 11.9. The maximum atomic E-state index is 12.3. The number of ether oxygens (including phenoxy) is 1. The average Bonchev–Trinajstić information content (AvgIpc) is 2.48. The lowest BCUT2D eigenvalue weighted by atomic mass is 9.81. The third kappa shape index (κ3) is 2.73. The fourth-order valence-electron chi connectivity index (χ4n) is 3.26. The number of carbonyl (C=O) groups is 2. The molecule has 2 aliphatic rings. The second-order valence-corrected chi connectivity index (χ2v) is 5.87. The van der Waals surface area contributed by atoms with E-state index in [1.165, 1.54) is 18.6 Å². The van der Waals surface area contributed by atoms with E-state index in [4.69, 9.17) is 9.84 Å². The van der Waals surface area contributed by atoms with Crippen LogP contribution < -0.4 is 4.90 Å². The zero-order valence-corrected chi connectivity index (χ0v) is 11.9. The first kappa shape index (κ1) is 13.9. The molecule has 1 saturated carbocycles. The first-order valence-electron chi connectivity index (χ1n) is 7.44. The Balaban J connectivity index is 1.73. The zero-order chi connectivity index (χ0) is 14.9. The molecule has 1 amide bonds. The Labute approximate surface area is 123 Å². The SMILES string of the molecule is O=C(O)c1ccc(N2CCC3(CCCCC3)OC2=O)cc1. The Bertz CT molecular complexity index is 546. The van der Waals surface area contributed by atoms with Gasteiger partial charge in [-0.15, -0.1) is 0 Å². The van der Waals surface area contributed by atoms with Crippen LogP contribution in [-0.2, 0) is 4.74 Å². The molecule has 1 spiro atoms. The lowest BCUT2D eigenvalue weighted by molar-refractivity contribution is -0.0309. The fraction of sp³-hybridized carbons (Fsp3) is 0.500. The van der Waals surface area contributed by atoms with E-state index < -0.39 is 5.97 Å². The smallest absolute Gasteiger partial charge is 0.414 e. The molecule has 3 rings (SSSR count). The highest BCUT2D eigenvalue weighted by Gasteiger charge is 2.41. The highest BCUT2D eigenvalue weighted by atomic mass is 16.6. The Hall–Kier alpha value is -2.04. The minimum absolute atomic E-state index is 0.216. The minimum atomic E-state index is -0.969. The summed E-state index contributed by atoms with van der Waals surface area (Å²) < 4.78 is 5.73. The van der Waals surface area contributed by atoms with E-state index in [1.807, 2.05) is 0 Å². The van der Waals surface area contributed by atoms with Gasteiger partial charge in [0.1, 0.15) is 5.60 Å². The monoisotopic (exact) mass is 289 g/mol. The number of anilines is 1. The van der Waals surface area contributed by atoms with E-state index in [0.717, 1.165) is 32.1 Å². The van der Waals surface area contributed by atoms with Crippen LogP contribution in [0.1, 0.15) is 48.9 Å². The number of nitrogens with zero attached hydrogens (tertiary/aromatic N) is 1. The molecule has 1 heterocycles. The molecular weight excluding hydrogens is 270 g/mol. The summed E-state index contributed by atoms with van der Waals surface area (Å²) in [7, 11) is 0. The van der Waals surface area contributed by atoms with Gasteiger partial charge in [-0.25, -0.2) is 9.59 Å². The molecule has 2 fully saturated rings. The number of hydrogen-bond donors (Lipinski definition) is 1. The molecule has 0 atom stereocenters. The molecule has 5 nitrogen and oxygen atoms in total. The third-order valence-electron chi connectivity index (χ3n) is 4.51. The van der Waals surface area contributed by atoms with Gasteiger partial charge in [0.25, 0.3) is 0 Å². The van der Waals surface area contributed by atoms with Crippen molar-refractivity contribution in [2.45, 2.75) is 44.1 Å². The van der Waals surface area contributed by atoms with Gasteiger partial charge >= 0.3 is 12.1 Å². The van der Waals surface area contributed by atoms with Gasteiger partial charge in [0.2, 0.25) is 0 Å². The summed E-state index contributed by atoms with van der Waals surface area (Å²) in [5, 5.41) is 8.90. The van der Waals surface area contributed by atoms with Crippen LogP contribution in [0, 0.1) is 0 Å². The van der Waals surface area contributed by atoms with Crippen molar-refractivity contribution in [1.29, 1.82) is 0 Å². The van der Waals surface area contributed by atoms with Gasteiger partial charge in [-0.3, -0.25) is 4.90 Å². The number of hydrogen-bond acceptors (Lipinski definition) is 3. The Kier molecular flexibility index (Phi) is 3.57. The highest BCUT2D eigenvalue weighted by Crippen LogP contribution is 2.38. The lowest BCUT2D eigenvalue weighted by Crippen LogP contribution is -2.50. The Morgan fingerprint density at radius 3 is 2.33 bits per heavy atom. The van der Waals surface area contributed by atoms with Crippen molar-refractivity contribution in [3.8, 4) is 0 Å². The summed E-state index contributed by atoms with van der Waals surface area (Å²) in [6.07, 6.45) is 5.93. The fourth-order valence-corrected chi connectivity index (χ4v) is 3.26. The summed E-state index contributed by atoms with van der Waals surface area (Å²) in [6.45, 7) is 0.630. The van der Waals surface area contributed by atoms with Crippen molar-refractivity contribution in [3.05, 3.63) is 29.8 Å². The molecule has 1 saturated heterocycles. The minimum Gasteiger partial charge on any atom is -0.478 e. The number of amides is 1. The van der Waals surface area contributed by atoms with Gasteiger partial charge in [0.05, 0.1) is 5.56 Å². The maximum absolute atomic E-state index is 12.3. The molecule has 1 aliphatic carbocycles. The molecule has 0 unspecified atom stereocenters. The van der Waals surface area contributed by atoms with E-state index in [-0.39, 0.29) is 17.3 Å². The summed E-state index contributed by atoms with van der Waals surface area (Å²) in [4.78, 5) is 24.7. The van der Waals surface area contributed by atoms with Crippen molar-refractivity contribution in [2.24, 2.45) is 0 Å². The largest absolute Gasteiger partial charge is 0.478 e. The molecule has 0 aromatic heterocycles. The van der Waals surface area contributed by atoms with Gasteiger partial charge in [0.15, 0.2) is 0 Å². The van der Waals surface area contributed by atoms with Crippen LogP contribution in [0.25, 0.3) is 0 Å². The van der Waals surface area contributed by atoms with Crippen molar-refractivity contribution in [2.75, 3.05) is 11.4 Å². The van der Waals surface area contributed by atoms with Crippen LogP contribution in [0.15, 0.2) is 24.3 Å². The van der Waals surface area contributed by atoms with Crippen molar-refractivity contribution >= 4 is 17.7 Å². The second-order valence-electron chi connectivity index (χ2n) is 5.87. The van der Waals surface area contributed by atoms with Crippen LogP contribution in [0.3, 0.4) is 0 Å². The number of carbonyl (C=O) groups excluding carboxylic acids is 1. The average molecular weight is 289 g/mol.